The number of hydrogen-bond acceptors (Lipinski definition) is 13. The minimum Gasteiger partial charge on any atom is -0.505 e. The van der Waals surface area contributed by atoms with Crippen molar-refractivity contribution in [2.75, 3.05) is 19.5 Å². The summed E-state index contributed by atoms with van der Waals surface area (Å²) in [4.78, 5) is -1.09. The van der Waals surface area contributed by atoms with Gasteiger partial charge in [-0.25, -0.2) is 0 Å². The maximum atomic E-state index is 12.4. The van der Waals surface area contributed by atoms with Crippen LogP contribution in [0.3, 0.4) is 0 Å². The first-order chi connectivity index (χ1) is 27.2. The molecular weight excluding hydrogens is 775 g/mol. The average Bonchev–Trinajstić information content (AvgIpc) is 3.20. The Hall–Kier alpha value is -6.92. The lowest BCUT2D eigenvalue weighted by Crippen LogP contribution is -1.99. The number of ether oxygens (including phenoxy) is 2. The molecule has 0 atom stereocenters. The van der Waals surface area contributed by atoms with Gasteiger partial charge in [0.1, 0.15) is 44.0 Å². The van der Waals surface area contributed by atoms with Gasteiger partial charge in [0.2, 0.25) is 0 Å². The van der Waals surface area contributed by atoms with Crippen LogP contribution in [0, 0.1) is 0 Å². The quantitative estimate of drug-likeness (QED) is 0.0610. The maximum Gasteiger partial charge on any atom is 0.296 e. The fourth-order valence-electron chi connectivity index (χ4n) is 6.09. The molecule has 0 heterocycles. The van der Waals surface area contributed by atoms with Gasteiger partial charge >= 0.3 is 0 Å². The van der Waals surface area contributed by atoms with Gasteiger partial charge in [0, 0.05) is 27.5 Å². The Morgan fingerprint density at radius 3 is 1.67 bits per heavy atom. The van der Waals surface area contributed by atoms with Crippen molar-refractivity contribution in [3.05, 3.63) is 121 Å². The van der Waals surface area contributed by atoms with Crippen LogP contribution >= 0.6 is 0 Å². The number of nitrogens with zero attached hydrogens (tertiary/aromatic N) is 4. The molecule has 17 heteroatoms. The lowest BCUT2D eigenvalue weighted by molar-refractivity contribution is 0.415. The summed E-state index contributed by atoms with van der Waals surface area (Å²) in [5.41, 5.74) is 2.37. The summed E-state index contributed by atoms with van der Waals surface area (Å²) in [6, 6.07) is 32.3. The molecule has 7 aromatic carbocycles. The van der Waals surface area contributed by atoms with Gasteiger partial charge in [0.05, 0.1) is 14.2 Å². The van der Waals surface area contributed by atoms with Crippen molar-refractivity contribution in [2.24, 2.45) is 20.5 Å². The third-order valence-corrected chi connectivity index (χ3v) is 10.6. The molecule has 7 aromatic rings. The number of nitrogens with one attached hydrogen (secondary N) is 1. The highest BCUT2D eigenvalue weighted by molar-refractivity contribution is 7.86. The Morgan fingerprint density at radius 2 is 1.07 bits per heavy atom. The fourth-order valence-corrected chi connectivity index (χ4v) is 7.47. The largest absolute Gasteiger partial charge is 0.505 e. The smallest absolute Gasteiger partial charge is 0.296 e. The summed E-state index contributed by atoms with van der Waals surface area (Å²) in [6.07, 6.45) is 0. The molecule has 0 fully saturated rings. The first-order valence-corrected chi connectivity index (χ1v) is 19.6. The van der Waals surface area contributed by atoms with E-state index >= 15 is 0 Å². The minimum atomic E-state index is -4.85. The summed E-state index contributed by atoms with van der Waals surface area (Å²) in [6.45, 7) is 0. The third kappa shape index (κ3) is 7.94. The van der Waals surface area contributed by atoms with Crippen molar-refractivity contribution in [3.63, 3.8) is 0 Å². The summed E-state index contributed by atoms with van der Waals surface area (Å²) in [5, 5.41) is 42.7. The Balaban J connectivity index is 1.20. The van der Waals surface area contributed by atoms with E-state index in [0.29, 0.717) is 22.2 Å². The van der Waals surface area contributed by atoms with E-state index in [9.17, 15) is 36.2 Å². The molecule has 0 unspecified atom stereocenters. The van der Waals surface area contributed by atoms with Crippen molar-refractivity contribution in [1.29, 1.82) is 0 Å². The Kier molecular flexibility index (Phi) is 10.3. The molecule has 7 rings (SSSR count). The normalized spacial score (nSPS) is 12.1. The predicted molar refractivity (Wildman–Crippen MR) is 214 cm³/mol. The summed E-state index contributed by atoms with van der Waals surface area (Å²) >= 11 is 0. The molecule has 0 aromatic heterocycles. The molecule has 0 radical (unpaired) electrons. The predicted octanol–water partition coefficient (Wildman–Crippen LogP) is 10.2. The van der Waals surface area contributed by atoms with Crippen LogP contribution in [-0.4, -0.2) is 50.4 Å². The van der Waals surface area contributed by atoms with Crippen LogP contribution in [0.25, 0.3) is 32.7 Å². The van der Waals surface area contributed by atoms with Crippen molar-refractivity contribution < 1.29 is 45.6 Å². The molecule has 0 saturated heterocycles. The molecule has 0 aliphatic rings. The maximum absolute atomic E-state index is 12.4. The zero-order valence-corrected chi connectivity index (χ0v) is 31.5. The SMILES string of the molecule is COc1cc(-c2ccc(N=Nc3c(S(=O)(=O)O)cc4ccc(Nc5ccccc5)cc4c3O)c(OC)c2)ccc1N=Nc1cc(S(=O)(=O)O)c2ccccc2c1O. The zero-order valence-electron chi connectivity index (χ0n) is 29.9. The van der Waals surface area contributed by atoms with Crippen LogP contribution in [0.15, 0.2) is 152 Å². The number of anilines is 2. The van der Waals surface area contributed by atoms with E-state index in [-0.39, 0.29) is 50.5 Å². The fraction of sp³-hybridized carbons (Fsp3) is 0.0500. The third-order valence-electron chi connectivity index (χ3n) is 8.85. The molecule has 0 spiro atoms. The number of azo groups is 2. The van der Waals surface area contributed by atoms with Gasteiger partial charge in [-0.05, 0) is 77.2 Å². The second-order valence-electron chi connectivity index (χ2n) is 12.4. The lowest BCUT2D eigenvalue weighted by Gasteiger charge is -2.12. The number of phenols is 2. The second-order valence-corrected chi connectivity index (χ2v) is 15.2. The van der Waals surface area contributed by atoms with E-state index in [2.05, 4.69) is 25.8 Å². The highest BCUT2D eigenvalue weighted by Crippen LogP contribution is 2.45. The van der Waals surface area contributed by atoms with Gasteiger partial charge in [0.25, 0.3) is 20.2 Å². The van der Waals surface area contributed by atoms with E-state index in [1.165, 1.54) is 32.4 Å². The highest BCUT2D eigenvalue weighted by atomic mass is 32.2. The summed E-state index contributed by atoms with van der Waals surface area (Å²) in [5.74, 6) is -0.364. The van der Waals surface area contributed by atoms with Crippen LogP contribution < -0.4 is 14.8 Å². The summed E-state index contributed by atoms with van der Waals surface area (Å²) in [7, 11) is -6.70. The van der Waals surface area contributed by atoms with Crippen molar-refractivity contribution in [2.45, 2.75) is 9.79 Å². The first-order valence-electron chi connectivity index (χ1n) is 16.8. The molecule has 0 aliphatic heterocycles. The topological polar surface area (TPSA) is 229 Å². The van der Waals surface area contributed by atoms with Crippen LogP contribution in [0.1, 0.15) is 0 Å². The molecular formula is C40H31N5O10S2. The molecule has 0 aliphatic carbocycles. The van der Waals surface area contributed by atoms with Crippen molar-refractivity contribution in [3.8, 4) is 34.1 Å². The Labute approximate surface area is 325 Å². The van der Waals surface area contributed by atoms with Gasteiger partial charge in [-0.3, -0.25) is 9.11 Å². The Bertz CT molecular complexity index is 3000. The van der Waals surface area contributed by atoms with Crippen LogP contribution in [-0.2, 0) is 20.2 Å². The second kappa shape index (κ2) is 15.3. The van der Waals surface area contributed by atoms with Crippen molar-refractivity contribution in [1.82, 2.24) is 0 Å². The number of phenolic OH excluding ortho intramolecular Hbond substituents is 2. The van der Waals surface area contributed by atoms with Gasteiger partial charge in [0.15, 0.2) is 11.5 Å². The molecule has 57 heavy (non-hydrogen) atoms. The molecule has 15 nitrogen and oxygen atoms in total. The lowest BCUT2D eigenvalue weighted by atomic mass is 10.0. The van der Waals surface area contributed by atoms with Gasteiger partial charge in [-0.15, -0.1) is 20.5 Å². The molecule has 0 saturated carbocycles. The van der Waals surface area contributed by atoms with E-state index in [1.54, 1.807) is 66.7 Å². The monoisotopic (exact) mass is 805 g/mol. The van der Waals surface area contributed by atoms with Gasteiger partial charge < -0.3 is 25.0 Å². The molecule has 0 amide bonds. The molecule has 288 valence electrons. The van der Waals surface area contributed by atoms with Crippen LogP contribution in [0.2, 0.25) is 0 Å². The Morgan fingerprint density at radius 1 is 0.509 bits per heavy atom. The van der Waals surface area contributed by atoms with E-state index in [0.717, 1.165) is 11.8 Å². The summed E-state index contributed by atoms with van der Waals surface area (Å²) < 4.78 is 80.1. The number of methoxy groups -OCH3 is 2. The van der Waals surface area contributed by atoms with E-state index in [1.807, 2.05) is 30.3 Å². The number of para-hydroxylation sites is 1. The number of rotatable bonds is 11. The number of aromatic hydroxyl groups is 2. The number of hydrogen-bond donors (Lipinski definition) is 5. The van der Waals surface area contributed by atoms with Crippen LogP contribution in [0.5, 0.6) is 23.0 Å². The minimum absolute atomic E-state index is 0.113. The van der Waals surface area contributed by atoms with Gasteiger partial charge in [-0.2, -0.15) is 16.8 Å². The number of benzene rings is 7. The first kappa shape index (κ1) is 38.4. The number of fused-ring (bicyclic) bond motifs is 2. The van der Waals surface area contributed by atoms with Gasteiger partial charge in [-0.1, -0.05) is 60.7 Å². The van der Waals surface area contributed by atoms with Crippen molar-refractivity contribution >= 4 is 75.9 Å². The van der Waals surface area contributed by atoms with E-state index in [4.69, 9.17) is 9.47 Å². The zero-order chi connectivity index (χ0) is 40.5. The average molecular weight is 806 g/mol. The molecule has 5 N–H and O–H groups in total. The standard InChI is InChI=1S/C40H31N5O10S2/c1-54-34-18-23(13-16-31(34)42-44-33-22-36(56(48,49)50)28-10-6-7-11-29(28)39(33)46)24-14-17-32(35(19-24)55-2)43-45-38-37(57(51,52)53)20-25-12-15-27(21-30(25)40(38)47)41-26-8-4-3-5-9-26/h3-22,41,46-47H,1-2H3,(H,48,49,50)(H,51,52,53). The highest BCUT2D eigenvalue weighted by Gasteiger charge is 2.23. The molecule has 0 bridgehead atoms. The van der Waals surface area contributed by atoms with E-state index < -0.39 is 41.5 Å². The van der Waals surface area contributed by atoms with Crippen LogP contribution in [0.4, 0.5) is 34.1 Å².